The van der Waals surface area contributed by atoms with E-state index >= 15 is 0 Å². The number of amides is 2. The molecule has 0 spiro atoms. The van der Waals surface area contributed by atoms with Gasteiger partial charge in [-0.1, -0.05) is 12.8 Å². The summed E-state index contributed by atoms with van der Waals surface area (Å²) in [5.41, 5.74) is 2.62. The van der Waals surface area contributed by atoms with Gasteiger partial charge in [-0.25, -0.2) is 4.98 Å². The number of carbonyl (C=O) groups excluding carboxylic acids is 2. The molecule has 3 saturated heterocycles. The number of aryl methyl sites for hydroxylation is 1. The van der Waals surface area contributed by atoms with Crippen LogP contribution in [0.25, 0.3) is 10.2 Å². The molecule has 2 amide bonds. The van der Waals surface area contributed by atoms with Crippen LogP contribution in [0.4, 0.5) is 5.69 Å². The van der Waals surface area contributed by atoms with Crippen molar-refractivity contribution in [1.29, 1.82) is 0 Å². The molecule has 0 atom stereocenters. The lowest BCUT2D eigenvalue weighted by Crippen LogP contribution is -2.43. The van der Waals surface area contributed by atoms with Crippen molar-refractivity contribution in [2.45, 2.75) is 58.3 Å². The molecule has 2 aromatic heterocycles. The van der Waals surface area contributed by atoms with Crippen LogP contribution in [0.3, 0.4) is 0 Å². The van der Waals surface area contributed by atoms with Gasteiger partial charge in [0.05, 0.1) is 22.3 Å². The van der Waals surface area contributed by atoms with Crippen molar-refractivity contribution < 1.29 is 9.59 Å². The quantitative estimate of drug-likeness (QED) is 0.703. The Balaban J connectivity index is 1.38. The maximum atomic E-state index is 13.4. The standard InChI is InChI=1S/C24H33N5O2S/c1-17-20-21(19(16-25-22(20)32-26-17)24(31)29-12-6-7-13-29)27-14-8-18(9-15-27)23(30)28-10-4-2-3-5-11-28/h16,18H,2-15H2,1H3. The van der Waals surface area contributed by atoms with Gasteiger partial charge in [0.25, 0.3) is 5.91 Å². The molecule has 2 aromatic rings. The van der Waals surface area contributed by atoms with Crippen LogP contribution in [-0.4, -0.2) is 70.2 Å². The third-order valence-corrected chi connectivity index (χ3v) is 8.20. The highest BCUT2D eigenvalue weighted by atomic mass is 32.1. The Labute approximate surface area is 193 Å². The smallest absolute Gasteiger partial charge is 0.257 e. The lowest BCUT2D eigenvalue weighted by atomic mass is 9.94. The van der Waals surface area contributed by atoms with Gasteiger partial charge in [-0.05, 0) is 57.0 Å². The number of pyridine rings is 1. The van der Waals surface area contributed by atoms with Crippen molar-refractivity contribution in [2.24, 2.45) is 5.92 Å². The Bertz CT molecular complexity index is 984. The van der Waals surface area contributed by atoms with Gasteiger partial charge >= 0.3 is 0 Å². The number of aromatic nitrogens is 2. The first-order valence-electron chi connectivity index (χ1n) is 12.2. The molecule has 0 aromatic carbocycles. The van der Waals surface area contributed by atoms with Crippen molar-refractivity contribution in [3.63, 3.8) is 0 Å². The van der Waals surface area contributed by atoms with Gasteiger partial charge in [0.1, 0.15) is 4.83 Å². The molecule has 5 heterocycles. The van der Waals surface area contributed by atoms with E-state index in [-0.39, 0.29) is 11.8 Å². The molecule has 3 aliphatic heterocycles. The number of fused-ring (bicyclic) bond motifs is 1. The molecular weight excluding hydrogens is 422 g/mol. The van der Waals surface area contributed by atoms with Crippen LogP contribution < -0.4 is 4.90 Å². The molecule has 3 aliphatic rings. The van der Waals surface area contributed by atoms with Crippen molar-refractivity contribution in [2.75, 3.05) is 44.2 Å². The normalized spacial score (nSPS) is 20.7. The van der Waals surface area contributed by atoms with E-state index in [4.69, 9.17) is 0 Å². The number of anilines is 1. The fourth-order valence-corrected chi connectivity index (χ4v) is 6.26. The van der Waals surface area contributed by atoms with Crippen LogP contribution in [0.15, 0.2) is 6.20 Å². The molecule has 5 rings (SSSR count). The van der Waals surface area contributed by atoms with Crippen molar-refractivity contribution in [1.82, 2.24) is 19.2 Å². The Morgan fingerprint density at radius 2 is 1.53 bits per heavy atom. The highest BCUT2D eigenvalue weighted by Gasteiger charge is 2.33. The van der Waals surface area contributed by atoms with Crippen LogP contribution >= 0.6 is 11.5 Å². The summed E-state index contributed by atoms with van der Waals surface area (Å²) < 4.78 is 4.53. The summed E-state index contributed by atoms with van der Waals surface area (Å²) in [6, 6.07) is 0. The fraction of sp³-hybridized carbons (Fsp3) is 0.667. The monoisotopic (exact) mass is 455 g/mol. The molecule has 172 valence electrons. The summed E-state index contributed by atoms with van der Waals surface area (Å²) in [6.07, 6.45) is 10.3. The topological polar surface area (TPSA) is 69.6 Å². The molecule has 0 unspecified atom stereocenters. The number of hydrogen-bond acceptors (Lipinski definition) is 6. The van der Waals surface area contributed by atoms with E-state index in [1.54, 1.807) is 6.20 Å². The fourth-order valence-electron chi connectivity index (χ4n) is 5.51. The molecule has 7 nitrogen and oxygen atoms in total. The Morgan fingerprint density at radius 3 is 2.22 bits per heavy atom. The molecule has 0 aliphatic carbocycles. The first kappa shape index (κ1) is 21.6. The minimum Gasteiger partial charge on any atom is -0.370 e. The van der Waals surface area contributed by atoms with Crippen molar-refractivity contribution in [3.8, 4) is 0 Å². The molecular formula is C24H33N5O2S. The van der Waals surface area contributed by atoms with Crippen LogP contribution in [0.5, 0.6) is 0 Å². The molecule has 0 saturated carbocycles. The number of hydrogen-bond donors (Lipinski definition) is 0. The predicted molar refractivity (Wildman–Crippen MR) is 127 cm³/mol. The zero-order chi connectivity index (χ0) is 22.1. The van der Waals surface area contributed by atoms with E-state index in [1.807, 2.05) is 11.8 Å². The highest BCUT2D eigenvalue weighted by Crippen LogP contribution is 2.37. The number of likely N-dealkylation sites (tertiary alicyclic amines) is 2. The SMILES string of the molecule is Cc1nsc2ncc(C(=O)N3CCCC3)c(N3CCC(C(=O)N4CCCCCC4)CC3)c12. The Hall–Kier alpha value is -2.22. The molecule has 0 N–H and O–H groups in total. The van der Waals surface area contributed by atoms with Gasteiger partial charge in [-0.15, -0.1) is 0 Å². The third kappa shape index (κ3) is 4.09. The van der Waals surface area contributed by atoms with Crippen LogP contribution in [0.2, 0.25) is 0 Å². The summed E-state index contributed by atoms with van der Waals surface area (Å²) in [4.78, 5) is 38.4. The van der Waals surface area contributed by atoms with E-state index in [9.17, 15) is 9.59 Å². The van der Waals surface area contributed by atoms with E-state index < -0.39 is 0 Å². The molecule has 0 radical (unpaired) electrons. The number of nitrogens with zero attached hydrogens (tertiary/aromatic N) is 5. The first-order valence-corrected chi connectivity index (χ1v) is 13.0. The molecule has 8 heteroatoms. The average Bonchev–Trinajstić information content (AvgIpc) is 3.41. The van der Waals surface area contributed by atoms with E-state index in [2.05, 4.69) is 19.2 Å². The van der Waals surface area contributed by atoms with Gasteiger partial charge in [-0.2, -0.15) is 4.37 Å². The van der Waals surface area contributed by atoms with Crippen LogP contribution in [0, 0.1) is 12.8 Å². The Kier molecular flexibility index (Phi) is 6.31. The minimum atomic E-state index is 0.0836. The van der Waals surface area contributed by atoms with E-state index in [1.165, 1.54) is 24.4 Å². The van der Waals surface area contributed by atoms with E-state index in [0.717, 1.165) is 99.4 Å². The van der Waals surface area contributed by atoms with Gasteiger partial charge in [0.15, 0.2) is 0 Å². The predicted octanol–water partition coefficient (Wildman–Crippen LogP) is 3.85. The van der Waals surface area contributed by atoms with Gasteiger partial charge < -0.3 is 14.7 Å². The molecule has 0 bridgehead atoms. The largest absolute Gasteiger partial charge is 0.370 e. The lowest BCUT2D eigenvalue weighted by molar-refractivity contribution is -0.136. The molecule has 3 fully saturated rings. The second-order valence-electron chi connectivity index (χ2n) is 9.47. The minimum absolute atomic E-state index is 0.0836. The summed E-state index contributed by atoms with van der Waals surface area (Å²) in [7, 11) is 0. The number of carbonyl (C=O) groups is 2. The maximum absolute atomic E-state index is 13.4. The van der Waals surface area contributed by atoms with Gasteiger partial charge in [0, 0.05) is 51.4 Å². The van der Waals surface area contributed by atoms with Gasteiger partial charge in [0.2, 0.25) is 5.91 Å². The van der Waals surface area contributed by atoms with Gasteiger partial charge in [-0.3, -0.25) is 9.59 Å². The summed E-state index contributed by atoms with van der Waals surface area (Å²) in [5.74, 6) is 0.523. The average molecular weight is 456 g/mol. The summed E-state index contributed by atoms with van der Waals surface area (Å²) in [5, 5.41) is 1.01. The van der Waals surface area contributed by atoms with Crippen molar-refractivity contribution in [3.05, 3.63) is 17.5 Å². The lowest BCUT2D eigenvalue weighted by Gasteiger charge is -2.36. The van der Waals surface area contributed by atoms with Crippen molar-refractivity contribution >= 4 is 39.3 Å². The molecule has 32 heavy (non-hydrogen) atoms. The third-order valence-electron chi connectivity index (χ3n) is 7.35. The first-order chi connectivity index (χ1) is 15.6. The maximum Gasteiger partial charge on any atom is 0.257 e. The van der Waals surface area contributed by atoms with Crippen LogP contribution in [-0.2, 0) is 4.79 Å². The second-order valence-corrected chi connectivity index (χ2v) is 10.2. The second kappa shape index (κ2) is 9.33. The zero-order valence-corrected chi connectivity index (χ0v) is 19.8. The number of rotatable bonds is 3. The summed E-state index contributed by atoms with van der Waals surface area (Å²) >= 11 is 1.40. The van der Waals surface area contributed by atoms with E-state index in [0.29, 0.717) is 11.5 Å². The Morgan fingerprint density at radius 1 is 0.906 bits per heavy atom. The van der Waals surface area contributed by atoms with Crippen LogP contribution in [0.1, 0.15) is 67.4 Å². The number of piperidine rings is 1. The highest BCUT2D eigenvalue weighted by molar-refractivity contribution is 7.13. The zero-order valence-electron chi connectivity index (χ0n) is 19.0. The summed E-state index contributed by atoms with van der Waals surface area (Å²) in [6.45, 7) is 7.06.